The Balaban J connectivity index is 1.72. The first-order chi connectivity index (χ1) is 13.1. The molecule has 27 heavy (non-hydrogen) atoms. The number of carbonyl (C=O) groups excluding carboxylic acids is 1. The van der Waals surface area contributed by atoms with E-state index in [0.717, 1.165) is 30.0 Å². The molecule has 0 aliphatic rings. The van der Waals surface area contributed by atoms with Crippen molar-refractivity contribution in [3.63, 3.8) is 0 Å². The van der Waals surface area contributed by atoms with Gasteiger partial charge in [-0.25, -0.2) is 0 Å². The average Bonchev–Trinajstić information content (AvgIpc) is 2.68. The van der Waals surface area contributed by atoms with Crippen LogP contribution in [-0.2, 0) is 12.8 Å². The Hall–Kier alpha value is -3.14. The van der Waals surface area contributed by atoms with Gasteiger partial charge in [-0.15, -0.1) is 0 Å². The molecule has 0 radical (unpaired) electrons. The van der Waals surface area contributed by atoms with Crippen LogP contribution in [0.1, 0.15) is 41.2 Å². The quantitative estimate of drug-likeness (QED) is 0.626. The Bertz CT molecular complexity index is 933. The maximum absolute atomic E-state index is 12.6. The summed E-state index contributed by atoms with van der Waals surface area (Å²) in [5.74, 6) is 1.27. The standard InChI is InChI=1S/C23H24N2O2/c1-4-17-9-12-20(13-10-17)27-21-8-6-7-19(15-21)25-23(26)22-14-11-18(5-2)24-16(22)3/h6-15H,4-5H2,1-3H3,(H,25,26). The first kappa shape index (κ1) is 18.6. The maximum atomic E-state index is 12.6. The summed E-state index contributed by atoms with van der Waals surface area (Å²) in [5.41, 5.74) is 4.24. The van der Waals surface area contributed by atoms with Crippen molar-refractivity contribution >= 4 is 11.6 Å². The fourth-order valence-electron chi connectivity index (χ4n) is 2.81. The molecule has 1 amide bonds. The lowest BCUT2D eigenvalue weighted by Crippen LogP contribution is -2.14. The highest BCUT2D eigenvalue weighted by molar-refractivity contribution is 6.05. The summed E-state index contributed by atoms with van der Waals surface area (Å²) >= 11 is 0. The molecule has 1 aromatic heterocycles. The highest BCUT2D eigenvalue weighted by Crippen LogP contribution is 2.25. The lowest BCUT2D eigenvalue weighted by Gasteiger charge is -2.11. The van der Waals surface area contributed by atoms with Gasteiger partial charge in [-0.05, 0) is 61.7 Å². The molecule has 0 atom stereocenters. The van der Waals surface area contributed by atoms with Gasteiger partial charge in [-0.1, -0.05) is 32.0 Å². The fourth-order valence-corrected chi connectivity index (χ4v) is 2.81. The van der Waals surface area contributed by atoms with Crippen LogP contribution in [0, 0.1) is 6.92 Å². The summed E-state index contributed by atoms with van der Waals surface area (Å²) in [6.45, 7) is 6.02. The van der Waals surface area contributed by atoms with E-state index >= 15 is 0 Å². The monoisotopic (exact) mass is 360 g/mol. The van der Waals surface area contributed by atoms with Crippen molar-refractivity contribution in [2.45, 2.75) is 33.6 Å². The fraction of sp³-hybridized carbons (Fsp3) is 0.217. The smallest absolute Gasteiger partial charge is 0.257 e. The second kappa shape index (κ2) is 8.49. The molecule has 0 saturated carbocycles. The molecule has 0 aliphatic carbocycles. The number of anilines is 1. The van der Waals surface area contributed by atoms with Gasteiger partial charge in [0.2, 0.25) is 0 Å². The predicted molar refractivity (Wildman–Crippen MR) is 109 cm³/mol. The highest BCUT2D eigenvalue weighted by Gasteiger charge is 2.11. The lowest BCUT2D eigenvalue weighted by molar-refractivity contribution is 0.102. The van der Waals surface area contributed by atoms with Gasteiger partial charge in [0.1, 0.15) is 11.5 Å². The van der Waals surface area contributed by atoms with Crippen LogP contribution in [0.25, 0.3) is 0 Å². The zero-order valence-electron chi connectivity index (χ0n) is 16.0. The number of aryl methyl sites for hydroxylation is 3. The van der Waals surface area contributed by atoms with Crippen LogP contribution in [0.15, 0.2) is 60.7 Å². The number of pyridine rings is 1. The number of rotatable bonds is 6. The van der Waals surface area contributed by atoms with Gasteiger partial charge in [-0.3, -0.25) is 9.78 Å². The van der Waals surface area contributed by atoms with Crippen molar-refractivity contribution in [1.82, 2.24) is 4.98 Å². The van der Waals surface area contributed by atoms with Crippen LogP contribution < -0.4 is 10.1 Å². The Morgan fingerprint density at radius 1 is 0.963 bits per heavy atom. The zero-order chi connectivity index (χ0) is 19.2. The SMILES string of the molecule is CCc1ccc(Oc2cccc(NC(=O)c3ccc(CC)nc3C)c2)cc1. The predicted octanol–water partition coefficient (Wildman–Crippen LogP) is 5.56. The molecule has 1 heterocycles. The molecule has 2 aromatic carbocycles. The zero-order valence-corrected chi connectivity index (χ0v) is 16.0. The minimum Gasteiger partial charge on any atom is -0.457 e. The lowest BCUT2D eigenvalue weighted by atomic mass is 10.1. The van der Waals surface area contributed by atoms with Crippen LogP contribution in [0.3, 0.4) is 0 Å². The third kappa shape index (κ3) is 4.73. The van der Waals surface area contributed by atoms with E-state index in [4.69, 9.17) is 4.74 Å². The van der Waals surface area contributed by atoms with Gasteiger partial charge in [-0.2, -0.15) is 0 Å². The number of amides is 1. The molecule has 0 bridgehead atoms. The van der Waals surface area contributed by atoms with Crippen LogP contribution >= 0.6 is 0 Å². The molecular weight excluding hydrogens is 336 g/mol. The number of carbonyl (C=O) groups is 1. The van der Waals surface area contributed by atoms with Crippen LogP contribution in [0.5, 0.6) is 11.5 Å². The van der Waals surface area contributed by atoms with Gasteiger partial charge in [0, 0.05) is 17.4 Å². The maximum Gasteiger partial charge on any atom is 0.257 e. The first-order valence-electron chi connectivity index (χ1n) is 9.23. The van der Waals surface area contributed by atoms with Gasteiger partial charge in [0.25, 0.3) is 5.91 Å². The average molecular weight is 360 g/mol. The van der Waals surface area contributed by atoms with Gasteiger partial charge < -0.3 is 10.1 Å². The number of aromatic nitrogens is 1. The molecular formula is C23H24N2O2. The molecule has 138 valence electrons. The molecule has 4 heteroatoms. The summed E-state index contributed by atoms with van der Waals surface area (Å²) < 4.78 is 5.90. The van der Waals surface area contributed by atoms with Gasteiger partial charge in [0.15, 0.2) is 0 Å². The van der Waals surface area contributed by atoms with Crippen molar-refractivity contribution in [3.8, 4) is 11.5 Å². The molecule has 0 fully saturated rings. The van der Waals surface area contributed by atoms with E-state index in [1.807, 2.05) is 62.4 Å². The van der Waals surface area contributed by atoms with E-state index in [9.17, 15) is 4.79 Å². The first-order valence-corrected chi connectivity index (χ1v) is 9.23. The number of benzene rings is 2. The van der Waals surface area contributed by atoms with Crippen molar-refractivity contribution in [1.29, 1.82) is 0 Å². The molecule has 3 aromatic rings. The topological polar surface area (TPSA) is 51.2 Å². The van der Waals surface area contributed by atoms with E-state index in [2.05, 4.69) is 29.4 Å². The van der Waals surface area contributed by atoms with E-state index < -0.39 is 0 Å². The Labute approximate surface area is 160 Å². The van der Waals surface area contributed by atoms with Crippen LogP contribution in [0.4, 0.5) is 5.69 Å². The minimum absolute atomic E-state index is 0.174. The number of ether oxygens (including phenoxy) is 1. The normalized spacial score (nSPS) is 10.5. The van der Waals surface area contributed by atoms with E-state index in [0.29, 0.717) is 17.0 Å². The second-order valence-corrected chi connectivity index (χ2v) is 6.37. The third-order valence-electron chi connectivity index (χ3n) is 4.41. The highest BCUT2D eigenvalue weighted by atomic mass is 16.5. The van der Waals surface area contributed by atoms with E-state index in [1.165, 1.54) is 5.56 Å². The Morgan fingerprint density at radius 2 is 1.74 bits per heavy atom. The van der Waals surface area contributed by atoms with Crippen molar-refractivity contribution in [2.75, 3.05) is 5.32 Å². The third-order valence-corrected chi connectivity index (χ3v) is 4.41. The Kier molecular flexibility index (Phi) is 5.87. The van der Waals surface area contributed by atoms with E-state index in [-0.39, 0.29) is 5.91 Å². The van der Waals surface area contributed by atoms with Crippen molar-refractivity contribution in [2.24, 2.45) is 0 Å². The summed E-state index contributed by atoms with van der Waals surface area (Å²) in [5, 5.41) is 2.92. The Morgan fingerprint density at radius 3 is 2.41 bits per heavy atom. The number of hydrogen-bond donors (Lipinski definition) is 1. The second-order valence-electron chi connectivity index (χ2n) is 6.37. The van der Waals surface area contributed by atoms with Crippen molar-refractivity contribution < 1.29 is 9.53 Å². The minimum atomic E-state index is -0.174. The largest absolute Gasteiger partial charge is 0.457 e. The summed E-state index contributed by atoms with van der Waals surface area (Å²) in [4.78, 5) is 17.0. The summed E-state index contributed by atoms with van der Waals surface area (Å²) in [6.07, 6.45) is 1.84. The molecule has 0 spiro atoms. The van der Waals surface area contributed by atoms with Gasteiger partial charge >= 0.3 is 0 Å². The van der Waals surface area contributed by atoms with Crippen LogP contribution in [-0.4, -0.2) is 10.9 Å². The molecule has 0 aliphatic heterocycles. The molecule has 0 unspecified atom stereocenters. The number of hydrogen-bond acceptors (Lipinski definition) is 3. The van der Waals surface area contributed by atoms with Crippen molar-refractivity contribution in [3.05, 3.63) is 83.2 Å². The van der Waals surface area contributed by atoms with Crippen LogP contribution in [0.2, 0.25) is 0 Å². The molecule has 0 saturated heterocycles. The molecule has 4 nitrogen and oxygen atoms in total. The molecule has 1 N–H and O–H groups in total. The number of nitrogens with one attached hydrogen (secondary N) is 1. The van der Waals surface area contributed by atoms with E-state index in [1.54, 1.807) is 0 Å². The van der Waals surface area contributed by atoms with Gasteiger partial charge in [0.05, 0.1) is 11.3 Å². The summed E-state index contributed by atoms with van der Waals surface area (Å²) in [6, 6.07) is 19.1. The number of nitrogens with zero attached hydrogens (tertiary/aromatic N) is 1. The molecule has 3 rings (SSSR count). The summed E-state index contributed by atoms with van der Waals surface area (Å²) in [7, 11) is 0.